The maximum atomic E-state index is 13.3. The molecule has 2 heterocycles. The number of nitrogens with zero attached hydrogens (tertiary/aromatic N) is 1. The molecule has 0 radical (unpaired) electrons. The number of anilines is 1. The molecule has 4 aromatic rings. The molecule has 3 atom stereocenters. The van der Waals surface area contributed by atoms with E-state index in [-0.39, 0.29) is 17.9 Å². The highest BCUT2D eigenvalue weighted by molar-refractivity contribution is 6.00. The van der Waals surface area contributed by atoms with Crippen LogP contribution in [0.5, 0.6) is 0 Å². The van der Waals surface area contributed by atoms with E-state index in [0.29, 0.717) is 6.42 Å². The summed E-state index contributed by atoms with van der Waals surface area (Å²) in [5.74, 6) is -0.638. The molecule has 5 rings (SSSR count). The van der Waals surface area contributed by atoms with Gasteiger partial charge < -0.3 is 20.9 Å². The Morgan fingerprint density at radius 2 is 1.74 bits per heavy atom. The highest BCUT2D eigenvalue weighted by atomic mass is 16.2. The highest BCUT2D eigenvalue weighted by Crippen LogP contribution is 2.33. The lowest BCUT2D eigenvalue weighted by Gasteiger charge is -2.25. The summed E-state index contributed by atoms with van der Waals surface area (Å²) >= 11 is 0. The summed E-state index contributed by atoms with van der Waals surface area (Å²) in [6.07, 6.45) is 1.31. The maximum absolute atomic E-state index is 13.3. The zero-order valence-electron chi connectivity index (χ0n) is 18.9. The zero-order valence-corrected chi connectivity index (χ0v) is 18.9. The second kappa shape index (κ2) is 9.13. The summed E-state index contributed by atoms with van der Waals surface area (Å²) in [7, 11) is 1.72. The molecule has 34 heavy (non-hydrogen) atoms. The number of H-pyrrole nitrogens is 1. The van der Waals surface area contributed by atoms with Crippen molar-refractivity contribution in [1.82, 2.24) is 15.6 Å². The minimum absolute atomic E-state index is 0.251. The predicted octanol–water partition coefficient (Wildman–Crippen LogP) is 2.84. The summed E-state index contributed by atoms with van der Waals surface area (Å²) in [6, 6.07) is 24.5. The zero-order chi connectivity index (χ0) is 23.7. The van der Waals surface area contributed by atoms with Crippen LogP contribution >= 0.6 is 0 Å². The molecule has 172 valence electrons. The first-order valence-electron chi connectivity index (χ1n) is 11.3. The van der Waals surface area contributed by atoms with Crippen molar-refractivity contribution in [3.8, 4) is 0 Å². The lowest BCUT2D eigenvalue weighted by molar-refractivity contribution is -0.128. The van der Waals surface area contributed by atoms with Crippen molar-refractivity contribution in [1.29, 1.82) is 0 Å². The molecule has 7 nitrogen and oxygen atoms in total. The van der Waals surface area contributed by atoms with Crippen LogP contribution in [0.1, 0.15) is 22.7 Å². The van der Waals surface area contributed by atoms with Gasteiger partial charge >= 0.3 is 0 Å². The minimum Gasteiger partial charge on any atom is -0.361 e. The SMILES string of the molecule is CN1C(=O)[C@@H](NC(=O)[C@@H](N)Cc2c[nH]c3ccccc23)NC(c2ccccc2)c2ccccc21. The Hall–Kier alpha value is -3.94. The Labute approximate surface area is 198 Å². The number of fused-ring (bicyclic) bond motifs is 2. The first-order chi connectivity index (χ1) is 16.5. The van der Waals surface area contributed by atoms with Gasteiger partial charge in [0.2, 0.25) is 5.91 Å². The molecule has 3 aromatic carbocycles. The molecule has 0 spiro atoms. The highest BCUT2D eigenvalue weighted by Gasteiger charge is 2.35. The van der Waals surface area contributed by atoms with Crippen molar-refractivity contribution in [3.63, 3.8) is 0 Å². The van der Waals surface area contributed by atoms with E-state index in [2.05, 4.69) is 15.6 Å². The number of nitrogens with one attached hydrogen (secondary N) is 3. The van der Waals surface area contributed by atoms with Gasteiger partial charge in [-0.15, -0.1) is 0 Å². The number of carbonyl (C=O) groups is 2. The smallest absolute Gasteiger partial charge is 0.264 e. The molecule has 2 amide bonds. The molecule has 1 aromatic heterocycles. The third kappa shape index (κ3) is 4.07. The third-order valence-electron chi connectivity index (χ3n) is 6.39. The average Bonchev–Trinajstić information content (AvgIpc) is 3.24. The molecule has 0 bridgehead atoms. The fourth-order valence-electron chi connectivity index (χ4n) is 4.58. The average molecular weight is 454 g/mol. The van der Waals surface area contributed by atoms with Gasteiger partial charge in [-0.3, -0.25) is 14.9 Å². The number of benzene rings is 3. The van der Waals surface area contributed by atoms with Crippen LogP contribution in [-0.4, -0.2) is 36.1 Å². The Balaban J connectivity index is 1.39. The summed E-state index contributed by atoms with van der Waals surface area (Å²) in [5.41, 5.74) is 11.0. The van der Waals surface area contributed by atoms with Gasteiger partial charge in [-0.25, -0.2) is 0 Å². The van der Waals surface area contributed by atoms with Crippen LogP contribution in [0.3, 0.4) is 0 Å². The van der Waals surface area contributed by atoms with Gasteiger partial charge in [0.15, 0.2) is 6.17 Å². The lowest BCUT2D eigenvalue weighted by atomic mass is 9.97. The Kier molecular flexibility index (Phi) is 5.88. The van der Waals surface area contributed by atoms with Crippen LogP contribution in [0.4, 0.5) is 5.69 Å². The van der Waals surface area contributed by atoms with Crippen LogP contribution in [0.25, 0.3) is 10.9 Å². The first-order valence-corrected chi connectivity index (χ1v) is 11.3. The van der Waals surface area contributed by atoms with Gasteiger partial charge in [-0.05, 0) is 35.2 Å². The Morgan fingerprint density at radius 3 is 2.56 bits per heavy atom. The summed E-state index contributed by atoms with van der Waals surface area (Å²) < 4.78 is 0. The van der Waals surface area contributed by atoms with E-state index in [1.54, 1.807) is 11.9 Å². The van der Waals surface area contributed by atoms with Gasteiger partial charge in [-0.1, -0.05) is 66.7 Å². The topological polar surface area (TPSA) is 103 Å². The number of hydrogen-bond acceptors (Lipinski definition) is 4. The molecule has 0 fully saturated rings. The number of nitrogens with two attached hydrogens (primary N) is 1. The molecular formula is C27H27N5O2. The lowest BCUT2D eigenvalue weighted by Crippen LogP contribution is -2.58. The van der Waals surface area contributed by atoms with Gasteiger partial charge in [0.25, 0.3) is 5.91 Å². The fourth-order valence-corrected chi connectivity index (χ4v) is 4.58. The number of amides is 2. The van der Waals surface area contributed by atoms with Gasteiger partial charge in [0.1, 0.15) is 0 Å². The third-order valence-corrected chi connectivity index (χ3v) is 6.39. The second-order valence-electron chi connectivity index (χ2n) is 8.58. The molecule has 7 heteroatoms. The standard InChI is InChI=1S/C27H27N5O2/c1-32-23-14-8-6-12-20(23)24(17-9-3-2-4-10-17)30-25(27(32)34)31-26(33)21(28)15-18-16-29-22-13-7-5-11-19(18)22/h2-14,16,21,24-25,29-30H,15,28H2,1H3,(H,31,33)/t21-,24?,25+/m0/s1. The summed E-state index contributed by atoms with van der Waals surface area (Å²) in [6.45, 7) is 0. The monoisotopic (exact) mass is 453 g/mol. The van der Waals surface area contributed by atoms with Crippen LogP contribution in [0, 0.1) is 0 Å². The molecule has 0 aliphatic carbocycles. The van der Waals surface area contributed by atoms with Crippen molar-refractivity contribution in [3.05, 3.63) is 102 Å². The van der Waals surface area contributed by atoms with Gasteiger partial charge in [0, 0.05) is 29.8 Å². The van der Waals surface area contributed by atoms with E-state index in [4.69, 9.17) is 5.73 Å². The van der Waals surface area contributed by atoms with Crippen LogP contribution < -0.4 is 21.3 Å². The number of para-hydroxylation sites is 2. The number of aromatic nitrogens is 1. The molecule has 0 saturated carbocycles. The molecule has 0 saturated heterocycles. The van der Waals surface area contributed by atoms with Gasteiger partial charge in [-0.2, -0.15) is 0 Å². The number of aromatic amines is 1. The Morgan fingerprint density at radius 1 is 1.03 bits per heavy atom. The molecule has 1 unspecified atom stereocenters. The molecular weight excluding hydrogens is 426 g/mol. The van der Waals surface area contributed by atoms with Crippen molar-refractivity contribution in [2.45, 2.75) is 24.7 Å². The van der Waals surface area contributed by atoms with Crippen molar-refractivity contribution >= 4 is 28.4 Å². The van der Waals surface area contributed by atoms with E-state index in [1.165, 1.54) is 0 Å². The van der Waals surface area contributed by atoms with E-state index >= 15 is 0 Å². The number of likely N-dealkylation sites (N-methyl/N-ethyl adjacent to an activating group) is 1. The fraction of sp³-hybridized carbons (Fsp3) is 0.185. The molecule has 5 N–H and O–H groups in total. The first kappa shape index (κ1) is 21.9. The van der Waals surface area contributed by atoms with Crippen LogP contribution in [0.15, 0.2) is 85.1 Å². The number of carbonyl (C=O) groups excluding carboxylic acids is 2. The summed E-state index contributed by atoms with van der Waals surface area (Å²) in [5, 5.41) is 7.25. The maximum Gasteiger partial charge on any atom is 0.264 e. The normalized spacial score (nSPS) is 18.9. The van der Waals surface area contributed by atoms with Crippen LogP contribution in [-0.2, 0) is 16.0 Å². The van der Waals surface area contributed by atoms with Crippen molar-refractivity contribution < 1.29 is 9.59 Å². The predicted molar refractivity (Wildman–Crippen MR) is 133 cm³/mol. The van der Waals surface area contributed by atoms with E-state index in [0.717, 1.165) is 33.3 Å². The summed E-state index contributed by atoms with van der Waals surface area (Å²) in [4.78, 5) is 31.2. The number of hydrogen-bond donors (Lipinski definition) is 4. The van der Waals surface area contributed by atoms with Crippen molar-refractivity contribution in [2.75, 3.05) is 11.9 Å². The van der Waals surface area contributed by atoms with Crippen molar-refractivity contribution in [2.24, 2.45) is 5.73 Å². The second-order valence-corrected chi connectivity index (χ2v) is 8.58. The Bertz CT molecular complexity index is 1330. The van der Waals surface area contributed by atoms with Crippen LogP contribution in [0.2, 0.25) is 0 Å². The number of rotatable bonds is 5. The molecule has 1 aliphatic rings. The van der Waals surface area contributed by atoms with E-state index < -0.39 is 12.2 Å². The van der Waals surface area contributed by atoms with E-state index in [1.807, 2.05) is 85.1 Å². The largest absolute Gasteiger partial charge is 0.361 e. The van der Waals surface area contributed by atoms with Gasteiger partial charge in [0.05, 0.1) is 12.1 Å². The quantitative estimate of drug-likeness (QED) is 0.373. The minimum atomic E-state index is -0.927. The molecule has 1 aliphatic heterocycles. The van der Waals surface area contributed by atoms with E-state index in [9.17, 15) is 9.59 Å².